The number of nitrogen functional groups attached to an aromatic ring is 2. The molecule has 21 heteroatoms. The van der Waals surface area contributed by atoms with Crippen molar-refractivity contribution in [3.63, 3.8) is 0 Å². The fraction of sp³-hybridized carbons (Fsp3) is 0.429. The van der Waals surface area contributed by atoms with Crippen LogP contribution in [0.4, 0.5) is 11.6 Å². The molecular formula is C21H25N10O9P2+. The number of aromatic nitrogens is 8. The zero-order chi connectivity index (χ0) is 29.6. The van der Waals surface area contributed by atoms with E-state index in [2.05, 4.69) is 29.9 Å². The molecule has 19 nitrogen and oxygen atoms in total. The summed E-state index contributed by atoms with van der Waals surface area (Å²) in [5, 5.41) is 9.86. The Morgan fingerprint density at radius 3 is 2.12 bits per heavy atom. The Balaban J connectivity index is 1.18. The third-order valence-corrected chi connectivity index (χ3v) is 8.42. The van der Waals surface area contributed by atoms with Gasteiger partial charge in [-0.25, -0.2) is 29.9 Å². The molecule has 2 aliphatic rings. The second kappa shape index (κ2) is 11.3. The molecule has 7 N–H and O–H groups in total. The molecule has 2 fully saturated rings. The summed E-state index contributed by atoms with van der Waals surface area (Å²) in [6, 6.07) is 0. The highest BCUT2D eigenvalue weighted by Gasteiger charge is 2.43. The molecule has 0 bridgehead atoms. The van der Waals surface area contributed by atoms with Crippen molar-refractivity contribution in [1.82, 2.24) is 39.0 Å². The molecule has 6 heterocycles. The monoisotopic (exact) mass is 623 g/mol. The van der Waals surface area contributed by atoms with Crippen LogP contribution in [0.3, 0.4) is 0 Å². The fourth-order valence-electron chi connectivity index (χ4n) is 4.96. The molecule has 8 atom stereocenters. The summed E-state index contributed by atoms with van der Waals surface area (Å²) in [5.74, 6) is 1.24. The molecular weight excluding hydrogens is 598 g/mol. The van der Waals surface area contributed by atoms with E-state index in [4.69, 9.17) is 30.0 Å². The van der Waals surface area contributed by atoms with Gasteiger partial charge in [0.2, 0.25) is 0 Å². The Morgan fingerprint density at radius 1 is 0.976 bits per heavy atom. The predicted octanol–water partition coefficient (Wildman–Crippen LogP) is 0.517. The zero-order valence-corrected chi connectivity index (χ0v) is 23.3. The van der Waals surface area contributed by atoms with Crippen LogP contribution in [-0.4, -0.2) is 85.0 Å². The van der Waals surface area contributed by atoms with Crippen LogP contribution in [0.5, 0.6) is 0 Å². The average Bonchev–Trinajstić information content (AvgIpc) is 3.72. The third-order valence-electron chi connectivity index (χ3n) is 6.85. The van der Waals surface area contributed by atoms with Crippen LogP contribution in [0.15, 0.2) is 37.2 Å². The van der Waals surface area contributed by atoms with Crippen molar-refractivity contribution in [1.29, 1.82) is 0 Å². The second-order valence-electron chi connectivity index (χ2n) is 9.44. The maximum absolute atomic E-state index is 13.1. The number of fused-ring (bicyclic) bond motifs is 2. The summed E-state index contributed by atoms with van der Waals surface area (Å²) >= 11 is 0. The molecule has 2 saturated heterocycles. The Kier molecular flexibility index (Phi) is 7.69. The van der Waals surface area contributed by atoms with E-state index in [-0.39, 0.29) is 24.5 Å². The molecule has 4 aromatic rings. The van der Waals surface area contributed by atoms with Crippen molar-refractivity contribution in [2.45, 2.75) is 49.7 Å². The van der Waals surface area contributed by atoms with Crippen molar-refractivity contribution < 1.29 is 42.5 Å². The molecule has 0 saturated carbocycles. The molecule has 0 amide bonds. The van der Waals surface area contributed by atoms with E-state index in [1.165, 1.54) is 31.4 Å². The minimum absolute atomic E-state index is 0.0798. The lowest BCUT2D eigenvalue weighted by atomic mass is 10.2. The maximum Gasteiger partial charge on any atom is 0.695 e. The minimum atomic E-state index is -4.46. The lowest BCUT2D eigenvalue weighted by Crippen LogP contribution is -2.27. The molecule has 6 rings (SSSR count). The summed E-state index contributed by atoms with van der Waals surface area (Å²) in [4.78, 5) is 44.6. The Bertz CT molecular complexity index is 1720. The van der Waals surface area contributed by atoms with Crippen molar-refractivity contribution in [3.05, 3.63) is 37.2 Å². The van der Waals surface area contributed by atoms with Gasteiger partial charge >= 0.3 is 15.9 Å². The van der Waals surface area contributed by atoms with Gasteiger partial charge in [0.1, 0.15) is 54.5 Å². The number of nitrogens with two attached hydrogens (primary N) is 2. The maximum atomic E-state index is 13.1. The Labute approximate surface area is 236 Å². The van der Waals surface area contributed by atoms with Crippen molar-refractivity contribution in [3.8, 4) is 0 Å². The van der Waals surface area contributed by atoms with Crippen molar-refractivity contribution in [2.24, 2.45) is 0 Å². The molecule has 222 valence electrons. The van der Waals surface area contributed by atoms with Crippen LogP contribution in [0.2, 0.25) is 0 Å². The van der Waals surface area contributed by atoms with E-state index < -0.39 is 59.3 Å². The van der Waals surface area contributed by atoms with E-state index in [0.29, 0.717) is 22.3 Å². The molecule has 2 unspecified atom stereocenters. The Morgan fingerprint density at radius 2 is 1.55 bits per heavy atom. The fourth-order valence-corrected chi connectivity index (χ4v) is 6.46. The van der Waals surface area contributed by atoms with Gasteiger partial charge in [-0.3, -0.25) is 18.2 Å². The lowest BCUT2D eigenvalue weighted by Gasteiger charge is -2.19. The van der Waals surface area contributed by atoms with Gasteiger partial charge in [0, 0.05) is 23.2 Å². The summed E-state index contributed by atoms with van der Waals surface area (Å²) < 4.78 is 50.2. The highest BCUT2D eigenvalue weighted by atomic mass is 31.2. The molecule has 0 aliphatic carbocycles. The van der Waals surface area contributed by atoms with E-state index in [1.54, 1.807) is 9.13 Å². The molecule has 0 radical (unpaired) electrons. The quantitative estimate of drug-likeness (QED) is 0.159. The van der Waals surface area contributed by atoms with Crippen LogP contribution >= 0.6 is 15.9 Å². The van der Waals surface area contributed by atoms with Crippen molar-refractivity contribution >= 4 is 49.8 Å². The second-order valence-corrected chi connectivity index (χ2v) is 11.8. The van der Waals surface area contributed by atoms with Gasteiger partial charge < -0.3 is 30.9 Å². The summed E-state index contributed by atoms with van der Waals surface area (Å²) in [6.45, 7) is -0.492. The molecule has 4 aromatic heterocycles. The first-order valence-electron chi connectivity index (χ1n) is 12.4. The van der Waals surface area contributed by atoms with Gasteiger partial charge in [-0.15, -0.1) is 9.42 Å². The van der Waals surface area contributed by atoms with Crippen LogP contribution in [0, 0.1) is 0 Å². The number of rotatable bonds is 9. The zero-order valence-electron chi connectivity index (χ0n) is 21.5. The van der Waals surface area contributed by atoms with Gasteiger partial charge in [0.25, 0.3) is 0 Å². The van der Waals surface area contributed by atoms with Gasteiger partial charge in [0.05, 0.1) is 19.3 Å². The average molecular weight is 623 g/mol. The van der Waals surface area contributed by atoms with Crippen molar-refractivity contribution in [2.75, 3.05) is 18.1 Å². The summed E-state index contributed by atoms with van der Waals surface area (Å²) in [6.07, 6.45) is 1.38. The minimum Gasteiger partial charge on any atom is -0.394 e. The molecule has 2 aliphatic heterocycles. The number of hydrogen-bond acceptors (Lipinski definition) is 15. The number of aliphatic hydroxyl groups excluding tert-OH is 1. The highest BCUT2D eigenvalue weighted by Crippen LogP contribution is 2.49. The number of aliphatic hydroxyl groups is 1. The first-order chi connectivity index (χ1) is 20.1. The number of ether oxygens (including phenoxy) is 2. The summed E-state index contributed by atoms with van der Waals surface area (Å²) in [5.41, 5.74) is 13.1. The largest absolute Gasteiger partial charge is 0.695 e. The molecule has 0 spiro atoms. The summed E-state index contributed by atoms with van der Waals surface area (Å²) in [7, 11) is -7.48. The van der Waals surface area contributed by atoms with Gasteiger partial charge in [0.15, 0.2) is 29.0 Å². The first kappa shape index (κ1) is 28.6. The molecule has 42 heavy (non-hydrogen) atoms. The Hall–Kier alpha value is -3.51. The van der Waals surface area contributed by atoms with E-state index in [1.807, 2.05) is 0 Å². The lowest BCUT2D eigenvalue weighted by molar-refractivity contribution is -0.0400. The number of anilines is 2. The van der Waals surface area contributed by atoms with E-state index >= 15 is 0 Å². The van der Waals surface area contributed by atoms with E-state index in [9.17, 15) is 24.0 Å². The van der Waals surface area contributed by atoms with Crippen LogP contribution in [0.25, 0.3) is 22.3 Å². The third kappa shape index (κ3) is 5.49. The van der Waals surface area contributed by atoms with Crippen LogP contribution in [0.1, 0.15) is 25.3 Å². The topological polar surface area (TPSA) is 271 Å². The van der Waals surface area contributed by atoms with Gasteiger partial charge in [-0.2, -0.15) is 0 Å². The number of nitrogens with zero attached hydrogens (tertiary/aromatic N) is 8. The number of hydrogen-bond donors (Lipinski definition) is 5. The smallest absolute Gasteiger partial charge is 0.394 e. The highest BCUT2D eigenvalue weighted by molar-refractivity contribution is 7.56. The standard InChI is InChI=1S/C21H24N10O9P2/c22-18-16-20(26-6-24-18)30(8-28-16)14-3-11(39-41(33)34)10(37-14)1-2-42(35,36)40-12-4-15(38-13(12)5-32)31-9-29-17-19(23)25-7-27-21(17)31/h1-2,6-15,32H,3-5H2,(H5-,22,23,24,25,26,27,33,34,35,36)/p+1/b2-1+/t10-,11+,12+,13-,14-,15-/m1/s1. The molecule has 0 aromatic carbocycles. The first-order valence-corrected chi connectivity index (χ1v) is 15.2. The van der Waals surface area contributed by atoms with Crippen LogP contribution < -0.4 is 11.5 Å². The van der Waals surface area contributed by atoms with E-state index in [0.717, 1.165) is 5.82 Å². The van der Waals surface area contributed by atoms with Gasteiger partial charge in [-0.05, 0) is 6.08 Å². The normalized spacial score (nSPS) is 28.2. The SMILES string of the molecule is Nc1ncnc2c1ncn2[C@H]1C[C@H](O[P+](=O)O)[C@@H](/C=C/P(=O)(O)O[C@H]2C[C@H](n3cnc4c(N)ncnc43)O[C@@H]2CO)O1. The number of imidazole rings is 2. The van der Waals surface area contributed by atoms with Gasteiger partial charge in [-0.1, -0.05) is 0 Å². The van der Waals surface area contributed by atoms with Crippen LogP contribution in [-0.2, 0) is 27.7 Å². The predicted molar refractivity (Wildman–Crippen MR) is 142 cm³/mol.